The van der Waals surface area contributed by atoms with E-state index in [1.807, 2.05) is 20.8 Å². The molecule has 0 heterocycles. The van der Waals surface area contributed by atoms with Gasteiger partial charge in [0.2, 0.25) is 0 Å². The molecule has 2 N–H and O–H groups in total. The Hall–Kier alpha value is -0.990. The van der Waals surface area contributed by atoms with Crippen molar-refractivity contribution in [2.45, 2.75) is 33.6 Å². The van der Waals surface area contributed by atoms with Crippen molar-refractivity contribution in [2.24, 2.45) is 5.92 Å². The molecule has 0 aliphatic rings. The van der Waals surface area contributed by atoms with E-state index >= 15 is 0 Å². The predicted molar refractivity (Wildman–Crippen MR) is 53.5 cm³/mol. The molecular formula is C10H19NO2. The number of carboxylic acids is 1. The summed E-state index contributed by atoms with van der Waals surface area (Å²) in [5.41, 5.74) is 0.492. The van der Waals surface area contributed by atoms with E-state index in [0.29, 0.717) is 5.57 Å². The van der Waals surface area contributed by atoms with Crippen molar-refractivity contribution in [3.05, 3.63) is 11.8 Å². The van der Waals surface area contributed by atoms with E-state index < -0.39 is 5.97 Å². The van der Waals surface area contributed by atoms with Crippen LogP contribution in [0.3, 0.4) is 0 Å². The molecule has 0 rings (SSSR count). The van der Waals surface area contributed by atoms with Crippen molar-refractivity contribution in [3.63, 3.8) is 0 Å². The van der Waals surface area contributed by atoms with Crippen molar-refractivity contribution in [3.8, 4) is 0 Å². The Morgan fingerprint density at radius 3 is 2.23 bits per heavy atom. The SMILES string of the molecule is CCNC=C(C(=O)O)C(CC)CC. The number of hydrogen-bond donors (Lipinski definition) is 2. The maximum Gasteiger partial charge on any atom is 0.333 e. The van der Waals surface area contributed by atoms with Crippen LogP contribution in [0.4, 0.5) is 0 Å². The molecule has 3 heteroatoms. The lowest BCUT2D eigenvalue weighted by atomic mass is 9.94. The summed E-state index contributed by atoms with van der Waals surface area (Å²) in [5, 5.41) is 11.9. The van der Waals surface area contributed by atoms with E-state index in [4.69, 9.17) is 5.11 Å². The molecule has 0 atom stereocenters. The van der Waals surface area contributed by atoms with E-state index in [-0.39, 0.29) is 5.92 Å². The highest BCUT2D eigenvalue weighted by molar-refractivity contribution is 5.87. The van der Waals surface area contributed by atoms with Gasteiger partial charge >= 0.3 is 5.97 Å². The van der Waals surface area contributed by atoms with Gasteiger partial charge < -0.3 is 10.4 Å². The lowest BCUT2D eigenvalue weighted by Crippen LogP contribution is -2.16. The highest BCUT2D eigenvalue weighted by Crippen LogP contribution is 2.18. The molecule has 0 aliphatic heterocycles. The maximum atomic E-state index is 10.9. The van der Waals surface area contributed by atoms with E-state index in [0.717, 1.165) is 19.4 Å². The fourth-order valence-corrected chi connectivity index (χ4v) is 1.29. The molecule has 0 amide bonds. The summed E-state index contributed by atoms with van der Waals surface area (Å²) in [4.78, 5) is 10.9. The first-order valence-electron chi connectivity index (χ1n) is 4.84. The average molecular weight is 185 g/mol. The van der Waals surface area contributed by atoms with Crippen LogP contribution in [-0.2, 0) is 4.79 Å². The quantitative estimate of drug-likeness (QED) is 0.622. The number of carbonyl (C=O) groups is 1. The summed E-state index contributed by atoms with van der Waals surface area (Å²) in [6.45, 7) is 6.73. The van der Waals surface area contributed by atoms with Crippen LogP contribution in [-0.4, -0.2) is 17.6 Å². The summed E-state index contributed by atoms with van der Waals surface area (Å²) in [7, 11) is 0. The lowest BCUT2D eigenvalue weighted by molar-refractivity contribution is -0.133. The van der Waals surface area contributed by atoms with Gasteiger partial charge in [-0.1, -0.05) is 13.8 Å². The van der Waals surface area contributed by atoms with Gasteiger partial charge in [-0.05, 0) is 25.7 Å². The molecule has 0 fully saturated rings. The smallest absolute Gasteiger partial charge is 0.333 e. The summed E-state index contributed by atoms with van der Waals surface area (Å²) in [5.74, 6) is -0.647. The van der Waals surface area contributed by atoms with Crippen LogP contribution in [0.2, 0.25) is 0 Å². The molecule has 0 aliphatic carbocycles. The lowest BCUT2D eigenvalue weighted by Gasteiger charge is -2.13. The minimum absolute atomic E-state index is 0.163. The zero-order valence-corrected chi connectivity index (χ0v) is 8.63. The van der Waals surface area contributed by atoms with Crippen molar-refractivity contribution < 1.29 is 9.90 Å². The molecule has 3 nitrogen and oxygen atoms in total. The van der Waals surface area contributed by atoms with E-state index in [1.165, 1.54) is 0 Å². The first-order valence-corrected chi connectivity index (χ1v) is 4.84. The zero-order valence-electron chi connectivity index (χ0n) is 8.63. The van der Waals surface area contributed by atoms with Gasteiger partial charge in [-0.25, -0.2) is 4.79 Å². The van der Waals surface area contributed by atoms with Crippen LogP contribution in [0.15, 0.2) is 11.8 Å². The Balaban J connectivity index is 4.47. The average Bonchev–Trinajstić information content (AvgIpc) is 2.11. The van der Waals surface area contributed by atoms with E-state index in [2.05, 4.69) is 5.32 Å². The predicted octanol–water partition coefficient (Wildman–Crippen LogP) is 2.00. The van der Waals surface area contributed by atoms with Crippen LogP contribution >= 0.6 is 0 Å². The number of hydrogen-bond acceptors (Lipinski definition) is 2. The van der Waals surface area contributed by atoms with Crippen LogP contribution in [0, 0.1) is 5.92 Å². The second kappa shape index (κ2) is 6.52. The topological polar surface area (TPSA) is 49.3 Å². The second-order valence-electron chi connectivity index (χ2n) is 2.98. The van der Waals surface area contributed by atoms with Crippen LogP contribution < -0.4 is 5.32 Å². The minimum atomic E-state index is -0.811. The molecule has 0 spiro atoms. The van der Waals surface area contributed by atoms with Crippen molar-refractivity contribution in [2.75, 3.05) is 6.54 Å². The highest BCUT2D eigenvalue weighted by atomic mass is 16.4. The number of rotatable bonds is 6. The van der Waals surface area contributed by atoms with Crippen LogP contribution in [0.5, 0.6) is 0 Å². The van der Waals surface area contributed by atoms with Crippen LogP contribution in [0.1, 0.15) is 33.6 Å². The second-order valence-corrected chi connectivity index (χ2v) is 2.98. The molecule has 76 valence electrons. The Kier molecular flexibility index (Phi) is 6.02. The van der Waals surface area contributed by atoms with E-state index in [1.54, 1.807) is 6.20 Å². The van der Waals surface area contributed by atoms with Gasteiger partial charge in [0.1, 0.15) is 0 Å². The van der Waals surface area contributed by atoms with Gasteiger partial charge in [-0.15, -0.1) is 0 Å². The molecule has 0 bridgehead atoms. The normalized spacial score (nSPS) is 11.8. The molecular weight excluding hydrogens is 166 g/mol. The summed E-state index contributed by atoms with van der Waals surface area (Å²) in [6, 6.07) is 0. The highest BCUT2D eigenvalue weighted by Gasteiger charge is 2.16. The standard InChI is InChI=1S/C10H19NO2/c1-4-8(5-2)9(10(12)13)7-11-6-3/h7-8,11H,4-6H2,1-3H3,(H,12,13). The van der Waals surface area contributed by atoms with Gasteiger partial charge in [0.25, 0.3) is 0 Å². The van der Waals surface area contributed by atoms with Crippen molar-refractivity contribution in [1.82, 2.24) is 5.32 Å². The maximum absolute atomic E-state index is 10.9. The van der Waals surface area contributed by atoms with Crippen molar-refractivity contribution in [1.29, 1.82) is 0 Å². The van der Waals surface area contributed by atoms with Crippen LogP contribution in [0.25, 0.3) is 0 Å². The molecule has 0 aromatic rings. The Labute approximate surface area is 79.8 Å². The van der Waals surface area contributed by atoms with Gasteiger partial charge in [0.15, 0.2) is 0 Å². The third kappa shape index (κ3) is 3.97. The minimum Gasteiger partial charge on any atom is -0.478 e. The Morgan fingerprint density at radius 1 is 1.38 bits per heavy atom. The van der Waals surface area contributed by atoms with Gasteiger partial charge in [0, 0.05) is 12.7 Å². The largest absolute Gasteiger partial charge is 0.478 e. The fraction of sp³-hybridized carbons (Fsp3) is 0.700. The molecule has 0 saturated heterocycles. The Bertz CT molecular complexity index is 183. The third-order valence-electron chi connectivity index (χ3n) is 2.13. The summed E-state index contributed by atoms with van der Waals surface area (Å²) in [6.07, 6.45) is 3.38. The summed E-state index contributed by atoms with van der Waals surface area (Å²) >= 11 is 0. The number of nitrogens with one attached hydrogen (secondary N) is 1. The molecule has 13 heavy (non-hydrogen) atoms. The third-order valence-corrected chi connectivity index (χ3v) is 2.13. The summed E-state index contributed by atoms with van der Waals surface area (Å²) < 4.78 is 0. The molecule has 0 aromatic carbocycles. The first kappa shape index (κ1) is 12.0. The van der Waals surface area contributed by atoms with E-state index in [9.17, 15) is 4.79 Å². The Morgan fingerprint density at radius 2 is 1.92 bits per heavy atom. The number of aliphatic carboxylic acids is 1. The van der Waals surface area contributed by atoms with Crippen molar-refractivity contribution >= 4 is 5.97 Å². The molecule has 0 unspecified atom stereocenters. The first-order chi connectivity index (χ1) is 6.17. The zero-order chi connectivity index (χ0) is 10.3. The molecule has 0 saturated carbocycles. The van der Waals surface area contributed by atoms with Gasteiger partial charge in [-0.2, -0.15) is 0 Å². The van der Waals surface area contributed by atoms with Gasteiger partial charge in [0.05, 0.1) is 5.57 Å². The van der Waals surface area contributed by atoms with Gasteiger partial charge in [-0.3, -0.25) is 0 Å². The fourth-order valence-electron chi connectivity index (χ4n) is 1.29. The monoisotopic (exact) mass is 185 g/mol. The number of carboxylic acid groups (broad SMARTS) is 1. The molecule has 0 radical (unpaired) electrons. The molecule has 0 aromatic heterocycles.